The Kier molecular flexibility index (Phi) is 7.34. The van der Waals surface area contributed by atoms with Gasteiger partial charge in [-0.1, -0.05) is 6.07 Å². The van der Waals surface area contributed by atoms with Crippen LogP contribution in [0.1, 0.15) is 40.1 Å². The number of carbonyl (C=O) groups is 1. The van der Waals surface area contributed by atoms with Gasteiger partial charge in [-0.15, -0.1) is 0 Å². The largest absolute Gasteiger partial charge is 0.416 e. The van der Waals surface area contributed by atoms with E-state index in [0.717, 1.165) is 35.5 Å². The Balaban J connectivity index is 1.95. The lowest BCUT2D eigenvalue weighted by atomic mass is 10.0. The minimum absolute atomic E-state index is 0.0145. The Morgan fingerprint density at radius 3 is 2.50 bits per heavy atom. The number of carbonyl (C=O) groups excluding carboxylic acids is 1. The molecule has 3 aromatic rings. The fraction of sp³-hybridized carbons (Fsp3) is 0.174. The lowest BCUT2D eigenvalue weighted by Crippen LogP contribution is -2.31. The minimum Gasteiger partial charge on any atom is -0.403 e. The van der Waals surface area contributed by atoms with Crippen LogP contribution in [-0.2, 0) is 6.18 Å². The molecule has 0 aliphatic heterocycles. The highest BCUT2D eigenvalue weighted by Crippen LogP contribution is 2.32. The van der Waals surface area contributed by atoms with Crippen LogP contribution in [0.15, 0.2) is 59.5 Å². The topological polar surface area (TPSA) is 145 Å². The molecular formula is C23H23F4N7O2. The summed E-state index contributed by atoms with van der Waals surface area (Å²) in [5.41, 5.74) is 8.97. The van der Waals surface area contributed by atoms with Gasteiger partial charge in [-0.05, 0) is 48.9 Å². The first-order valence-corrected chi connectivity index (χ1v) is 10.4. The molecule has 1 amide bonds. The van der Waals surface area contributed by atoms with Crippen molar-refractivity contribution in [3.05, 3.63) is 93.3 Å². The van der Waals surface area contributed by atoms with Crippen LogP contribution in [0.4, 0.5) is 23.2 Å². The van der Waals surface area contributed by atoms with E-state index in [1.54, 1.807) is 0 Å². The van der Waals surface area contributed by atoms with E-state index >= 15 is 4.39 Å². The molecule has 0 saturated heterocycles. The van der Waals surface area contributed by atoms with Crippen molar-refractivity contribution in [1.82, 2.24) is 20.1 Å². The van der Waals surface area contributed by atoms with E-state index in [2.05, 4.69) is 10.4 Å². The Morgan fingerprint density at radius 1 is 1.19 bits per heavy atom. The highest BCUT2D eigenvalue weighted by molar-refractivity contribution is 5.92. The van der Waals surface area contributed by atoms with Gasteiger partial charge in [-0.2, -0.15) is 23.0 Å². The summed E-state index contributed by atoms with van der Waals surface area (Å²) < 4.78 is 55.3. The molecule has 1 aromatic heterocycles. The van der Waals surface area contributed by atoms with Gasteiger partial charge in [0.1, 0.15) is 11.4 Å². The highest BCUT2D eigenvalue weighted by atomic mass is 19.4. The number of amides is 1. The van der Waals surface area contributed by atoms with E-state index in [-0.39, 0.29) is 33.9 Å². The minimum atomic E-state index is -4.62. The predicted octanol–water partition coefficient (Wildman–Crippen LogP) is 2.53. The molecule has 2 aromatic carbocycles. The van der Waals surface area contributed by atoms with Gasteiger partial charge in [0, 0.05) is 30.6 Å². The van der Waals surface area contributed by atoms with Crippen molar-refractivity contribution >= 4 is 17.3 Å². The summed E-state index contributed by atoms with van der Waals surface area (Å²) in [5.74, 6) is 4.00. The molecule has 0 aliphatic carbocycles. The number of anilines is 1. The lowest BCUT2D eigenvalue weighted by molar-refractivity contribution is -0.137. The molecule has 190 valence electrons. The summed E-state index contributed by atoms with van der Waals surface area (Å²) in [6, 6.07) is 8.28. The Labute approximate surface area is 202 Å². The summed E-state index contributed by atoms with van der Waals surface area (Å²) in [4.78, 5) is 25.3. The summed E-state index contributed by atoms with van der Waals surface area (Å²) in [6.07, 6.45) is -3.54. The number of rotatable bonds is 6. The second-order valence-corrected chi connectivity index (χ2v) is 7.85. The number of nitrogens with one attached hydrogen (secondary N) is 1. The van der Waals surface area contributed by atoms with Crippen LogP contribution < -0.4 is 28.2 Å². The van der Waals surface area contributed by atoms with Gasteiger partial charge in [0.2, 0.25) is 0 Å². The van der Waals surface area contributed by atoms with Gasteiger partial charge < -0.3 is 21.8 Å². The molecule has 0 saturated carbocycles. The number of benzene rings is 2. The Bertz CT molecular complexity index is 1380. The van der Waals surface area contributed by atoms with Gasteiger partial charge in [0.05, 0.1) is 17.3 Å². The first-order chi connectivity index (χ1) is 16.8. The first kappa shape index (κ1) is 26.2. The zero-order chi connectivity index (χ0) is 26.8. The predicted molar refractivity (Wildman–Crippen MR) is 126 cm³/mol. The van der Waals surface area contributed by atoms with Crippen molar-refractivity contribution in [2.24, 2.45) is 11.6 Å². The summed E-state index contributed by atoms with van der Waals surface area (Å²) in [5, 5.41) is 7.54. The van der Waals surface area contributed by atoms with Crippen LogP contribution in [0.25, 0.3) is 11.4 Å². The second-order valence-electron chi connectivity index (χ2n) is 7.85. The maximum absolute atomic E-state index is 15.3. The molecule has 1 heterocycles. The van der Waals surface area contributed by atoms with Gasteiger partial charge in [0.25, 0.3) is 11.5 Å². The zero-order valence-electron chi connectivity index (χ0n) is 19.2. The molecule has 0 fully saturated rings. The van der Waals surface area contributed by atoms with Crippen molar-refractivity contribution < 1.29 is 22.4 Å². The second kappa shape index (κ2) is 10.1. The molecule has 1 atom stereocenters. The molecule has 7 N–H and O–H groups in total. The van der Waals surface area contributed by atoms with Crippen molar-refractivity contribution in [3.8, 4) is 5.69 Å². The third kappa shape index (κ3) is 5.46. The average Bonchev–Trinajstić information content (AvgIpc) is 2.80. The number of hydrogen-bond acceptors (Lipinski definition) is 7. The molecule has 0 radical (unpaired) electrons. The van der Waals surface area contributed by atoms with Crippen LogP contribution in [0.5, 0.6) is 0 Å². The molecule has 0 unspecified atom stereocenters. The highest BCUT2D eigenvalue weighted by Gasteiger charge is 2.31. The number of nitrogens with zero attached hydrogens (tertiary/aromatic N) is 3. The van der Waals surface area contributed by atoms with Gasteiger partial charge in [-0.3, -0.25) is 9.59 Å². The Hall–Kier alpha value is -4.39. The monoisotopic (exact) mass is 505 g/mol. The number of hydrogen-bond donors (Lipinski definition) is 4. The van der Waals surface area contributed by atoms with Crippen LogP contribution in [0, 0.1) is 5.82 Å². The van der Waals surface area contributed by atoms with E-state index in [9.17, 15) is 22.8 Å². The standard InChI is InChI=1S/C23H23F4N7O2/c1-12(13-8-14(23(25,26)27)10-15(29)9-13)31-22(36)17-6-7-20(35)34(32-17)18-5-3-4-16(21(18)24)19(11-28)33(2)30/h3-12H,28-30H2,1-2H3,(H,31,36)/b19-11-/t12-/m1/s1. The average molecular weight is 505 g/mol. The third-order valence-electron chi connectivity index (χ3n) is 5.21. The summed E-state index contributed by atoms with van der Waals surface area (Å²) >= 11 is 0. The Morgan fingerprint density at radius 2 is 1.89 bits per heavy atom. The van der Waals surface area contributed by atoms with Gasteiger partial charge in [-0.25, -0.2) is 10.2 Å². The molecule has 36 heavy (non-hydrogen) atoms. The van der Waals surface area contributed by atoms with Crippen LogP contribution in [0.3, 0.4) is 0 Å². The van der Waals surface area contributed by atoms with E-state index in [1.807, 2.05) is 0 Å². The molecule has 0 aliphatic rings. The lowest BCUT2D eigenvalue weighted by Gasteiger charge is -2.18. The maximum Gasteiger partial charge on any atom is 0.416 e. The smallest absolute Gasteiger partial charge is 0.403 e. The molecule has 3 rings (SSSR count). The van der Waals surface area contributed by atoms with E-state index in [1.165, 1.54) is 38.2 Å². The summed E-state index contributed by atoms with van der Waals surface area (Å²) in [7, 11) is 1.44. The summed E-state index contributed by atoms with van der Waals surface area (Å²) in [6.45, 7) is 1.45. The molecular weight excluding hydrogens is 482 g/mol. The quantitative estimate of drug-likeness (QED) is 0.174. The number of alkyl halides is 3. The van der Waals surface area contributed by atoms with Crippen molar-refractivity contribution in [1.29, 1.82) is 0 Å². The van der Waals surface area contributed by atoms with Crippen LogP contribution >= 0.6 is 0 Å². The number of hydrazine groups is 1. The number of aromatic nitrogens is 2. The third-order valence-corrected chi connectivity index (χ3v) is 5.21. The maximum atomic E-state index is 15.3. The SMILES string of the molecule is C[C@@H](NC(=O)c1ccc(=O)n(-c2cccc(/C(=C/N)N(C)N)c2F)n1)c1cc(N)cc(C(F)(F)F)c1. The molecule has 0 spiro atoms. The van der Waals surface area contributed by atoms with E-state index in [4.69, 9.17) is 17.3 Å². The van der Waals surface area contributed by atoms with Crippen molar-refractivity contribution in [2.45, 2.75) is 19.1 Å². The zero-order valence-corrected chi connectivity index (χ0v) is 19.2. The van der Waals surface area contributed by atoms with E-state index < -0.39 is 35.1 Å². The van der Waals surface area contributed by atoms with Gasteiger partial charge >= 0.3 is 6.18 Å². The number of nitrogens with two attached hydrogens (primary N) is 3. The fourth-order valence-corrected chi connectivity index (χ4v) is 3.43. The normalized spacial score (nSPS) is 12.8. The van der Waals surface area contributed by atoms with E-state index in [0.29, 0.717) is 4.68 Å². The van der Waals surface area contributed by atoms with Gasteiger partial charge in [0.15, 0.2) is 5.82 Å². The molecule has 13 heteroatoms. The van der Waals surface area contributed by atoms with Crippen molar-refractivity contribution in [3.63, 3.8) is 0 Å². The number of halogens is 4. The fourth-order valence-electron chi connectivity index (χ4n) is 3.43. The molecule has 9 nitrogen and oxygen atoms in total. The molecule has 0 bridgehead atoms. The first-order valence-electron chi connectivity index (χ1n) is 10.4. The van der Waals surface area contributed by atoms with Crippen molar-refractivity contribution in [2.75, 3.05) is 12.8 Å². The van der Waals surface area contributed by atoms with Crippen LogP contribution in [0.2, 0.25) is 0 Å². The van der Waals surface area contributed by atoms with Crippen LogP contribution in [-0.4, -0.2) is 27.7 Å². The number of nitrogen functional groups attached to an aromatic ring is 1.